The highest BCUT2D eigenvalue weighted by Gasteiger charge is 2.30. The lowest BCUT2D eigenvalue weighted by molar-refractivity contribution is 0.0695. The predicted octanol–water partition coefficient (Wildman–Crippen LogP) is 13.7. The summed E-state index contributed by atoms with van der Waals surface area (Å²) in [7, 11) is 0. The lowest BCUT2D eigenvalue weighted by atomic mass is 9.84. The molecule has 0 saturated heterocycles. The fourth-order valence-corrected chi connectivity index (χ4v) is 9.76. The first-order valence-corrected chi connectivity index (χ1v) is 21.0. The van der Waals surface area contributed by atoms with Crippen LogP contribution in [0.4, 0.5) is 11.4 Å². The van der Waals surface area contributed by atoms with Gasteiger partial charge in [-0.2, -0.15) is 0 Å². The van der Waals surface area contributed by atoms with Crippen LogP contribution in [0.5, 0.6) is 0 Å². The molecule has 0 aromatic heterocycles. The van der Waals surface area contributed by atoms with E-state index < -0.39 is 23.8 Å². The van der Waals surface area contributed by atoms with Crippen molar-refractivity contribution >= 4 is 110 Å². The number of hydrogen-bond acceptors (Lipinski definition) is 4. The molecule has 0 heterocycles. The highest BCUT2D eigenvalue weighted by molar-refractivity contribution is 9.11. The van der Waals surface area contributed by atoms with Crippen molar-refractivity contribution < 1.29 is 29.4 Å². The van der Waals surface area contributed by atoms with E-state index in [2.05, 4.69) is 97.9 Å². The number of benzene rings is 7. The summed E-state index contributed by atoms with van der Waals surface area (Å²) in [6.07, 6.45) is 0. The Kier molecular flexibility index (Phi) is 10.9. The van der Waals surface area contributed by atoms with Gasteiger partial charge in [-0.15, -0.1) is 0 Å². The highest BCUT2D eigenvalue weighted by Crippen LogP contribution is 2.49. The van der Waals surface area contributed by atoms with E-state index in [0.29, 0.717) is 46.6 Å². The Hall–Kier alpha value is -5.32. The first-order chi connectivity index (χ1) is 27.4. The molecule has 58 heavy (non-hydrogen) atoms. The van der Waals surface area contributed by atoms with Crippen LogP contribution in [0.25, 0.3) is 43.1 Å². The monoisotopic (exact) mass is 902 g/mol. The van der Waals surface area contributed by atoms with Crippen molar-refractivity contribution in [3.8, 4) is 0 Å². The van der Waals surface area contributed by atoms with E-state index >= 15 is 4.79 Å². The fraction of sp³-hybridized carbons (Fsp3) is 0.250. The molecule has 0 aliphatic heterocycles. The second kappa shape index (κ2) is 15.5. The Bertz CT molecular complexity index is 2820. The van der Waals surface area contributed by atoms with Gasteiger partial charge in [0.1, 0.15) is 0 Å². The first kappa shape index (κ1) is 40.9. The number of hydrogen-bond donors (Lipinski definition) is 4. The number of nitrogens with one attached hydrogen (secondary N) is 2. The van der Waals surface area contributed by atoms with Crippen molar-refractivity contribution in [2.45, 2.75) is 79.1 Å². The maximum atomic E-state index is 15.0. The van der Waals surface area contributed by atoms with Crippen LogP contribution in [-0.2, 0) is 0 Å². The minimum atomic E-state index is -1.27. The van der Waals surface area contributed by atoms with Crippen LogP contribution < -0.4 is 10.6 Å². The average Bonchev–Trinajstić information content (AvgIpc) is 3.16. The molecule has 2 amide bonds. The van der Waals surface area contributed by atoms with Gasteiger partial charge in [-0.25, -0.2) is 9.59 Å². The van der Waals surface area contributed by atoms with Gasteiger partial charge in [0.15, 0.2) is 0 Å². The van der Waals surface area contributed by atoms with Gasteiger partial charge in [0, 0.05) is 63.8 Å². The number of rotatable bonds is 10. The zero-order chi connectivity index (χ0) is 42.1. The number of carbonyl (C=O) groups excluding carboxylic acids is 2. The molecular formula is C48H44Br2N2O6. The number of carboxylic acid groups (broad SMARTS) is 2. The zero-order valence-corrected chi connectivity index (χ0v) is 36.7. The molecule has 7 aromatic carbocycles. The summed E-state index contributed by atoms with van der Waals surface area (Å²) < 4.78 is 0.945. The van der Waals surface area contributed by atoms with Gasteiger partial charge in [-0.3, -0.25) is 9.59 Å². The number of fused-ring (bicyclic) bond motifs is 2. The summed E-state index contributed by atoms with van der Waals surface area (Å²) >= 11 is 7.45. The molecule has 0 radical (unpaired) electrons. The normalized spacial score (nSPS) is 12.0. The van der Waals surface area contributed by atoms with Crippen molar-refractivity contribution in [2.24, 2.45) is 0 Å². The molecule has 0 spiro atoms. The lowest BCUT2D eigenvalue weighted by Crippen LogP contribution is -2.20. The van der Waals surface area contributed by atoms with Gasteiger partial charge in [0.2, 0.25) is 0 Å². The van der Waals surface area contributed by atoms with Crippen molar-refractivity contribution in [1.82, 2.24) is 0 Å². The molecule has 0 saturated carbocycles. The predicted molar refractivity (Wildman–Crippen MR) is 242 cm³/mol. The van der Waals surface area contributed by atoms with Crippen LogP contribution in [-0.4, -0.2) is 34.0 Å². The molecule has 0 fully saturated rings. The number of amides is 2. The van der Waals surface area contributed by atoms with Gasteiger partial charge in [0.25, 0.3) is 11.8 Å². The van der Waals surface area contributed by atoms with Crippen molar-refractivity contribution in [1.29, 1.82) is 0 Å². The third-order valence-corrected chi connectivity index (χ3v) is 12.4. The average molecular weight is 905 g/mol. The van der Waals surface area contributed by atoms with E-state index in [1.807, 2.05) is 36.4 Å². The number of halogens is 2. The van der Waals surface area contributed by atoms with Gasteiger partial charge in [0.05, 0.1) is 11.1 Å². The molecule has 0 aliphatic carbocycles. The second-order valence-corrected chi connectivity index (χ2v) is 17.9. The second-order valence-electron chi connectivity index (χ2n) is 16.1. The highest BCUT2D eigenvalue weighted by atomic mass is 79.9. The van der Waals surface area contributed by atoms with E-state index in [1.165, 1.54) is 12.1 Å². The SMILES string of the molecule is CC(C)c1cccc(C(C)C)c1NC(=O)c1ccc2c3c(Br)cc(C(=O)O)c4c(C(=O)O)ccc(c5c(Br)cc(C(=O)Nc6c(C(C)C)cccc6C(C)C)c1c25)c43. The molecule has 7 aromatic rings. The minimum absolute atomic E-state index is 0.0862. The summed E-state index contributed by atoms with van der Waals surface area (Å²) in [5.41, 5.74) is 5.62. The Morgan fingerprint density at radius 2 is 0.793 bits per heavy atom. The summed E-state index contributed by atoms with van der Waals surface area (Å²) in [6.45, 7) is 16.7. The molecule has 0 aliphatic rings. The molecule has 0 bridgehead atoms. The van der Waals surface area contributed by atoms with Gasteiger partial charge in [-0.1, -0.05) is 136 Å². The molecule has 0 atom stereocenters. The lowest BCUT2D eigenvalue weighted by Gasteiger charge is -2.24. The number of carbonyl (C=O) groups is 4. The van der Waals surface area contributed by atoms with Crippen LogP contribution in [0.1, 0.15) is 143 Å². The van der Waals surface area contributed by atoms with Crippen molar-refractivity contribution in [3.63, 3.8) is 0 Å². The number of aromatic carboxylic acids is 2. The summed E-state index contributed by atoms with van der Waals surface area (Å²) in [6, 6.07) is 21.8. The quantitative estimate of drug-likeness (QED) is 0.0798. The van der Waals surface area contributed by atoms with E-state index in [-0.39, 0.29) is 51.3 Å². The zero-order valence-electron chi connectivity index (χ0n) is 33.5. The first-order valence-electron chi connectivity index (χ1n) is 19.4. The Morgan fingerprint density at radius 3 is 1.17 bits per heavy atom. The summed E-state index contributed by atoms with van der Waals surface area (Å²) in [5, 5.41) is 31.0. The minimum Gasteiger partial charge on any atom is -0.478 e. The molecular weight excluding hydrogens is 860 g/mol. The molecule has 8 nitrogen and oxygen atoms in total. The van der Waals surface area contributed by atoms with E-state index in [0.717, 1.165) is 33.6 Å². The molecule has 10 heteroatoms. The fourth-order valence-electron chi connectivity index (χ4n) is 8.48. The molecule has 0 unspecified atom stereocenters. The maximum Gasteiger partial charge on any atom is 0.336 e. The molecule has 296 valence electrons. The van der Waals surface area contributed by atoms with Crippen LogP contribution in [0.3, 0.4) is 0 Å². The van der Waals surface area contributed by atoms with Gasteiger partial charge >= 0.3 is 11.9 Å². The largest absolute Gasteiger partial charge is 0.478 e. The molecule has 7 rings (SSSR count). The van der Waals surface area contributed by atoms with E-state index in [1.54, 1.807) is 24.3 Å². The van der Waals surface area contributed by atoms with Crippen LogP contribution >= 0.6 is 31.9 Å². The Labute approximate surface area is 353 Å². The van der Waals surface area contributed by atoms with Crippen molar-refractivity contribution in [2.75, 3.05) is 10.6 Å². The van der Waals surface area contributed by atoms with E-state index in [9.17, 15) is 24.6 Å². The maximum absolute atomic E-state index is 15.0. The van der Waals surface area contributed by atoms with Gasteiger partial charge in [-0.05, 0) is 81.0 Å². The van der Waals surface area contributed by atoms with Crippen LogP contribution in [0.15, 0.2) is 81.7 Å². The Morgan fingerprint density at radius 1 is 0.448 bits per heavy atom. The smallest absolute Gasteiger partial charge is 0.336 e. The summed E-state index contributed by atoms with van der Waals surface area (Å²) in [5.74, 6) is -2.90. The topological polar surface area (TPSA) is 133 Å². The number of carboxylic acids is 2. The Balaban J connectivity index is 1.62. The van der Waals surface area contributed by atoms with Crippen molar-refractivity contribution in [3.05, 3.63) is 126 Å². The van der Waals surface area contributed by atoms with Crippen LogP contribution in [0.2, 0.25) is 0 Å². The van der Waals surface area contributed by atoms with Crippen LogP contribution in [0, 0.1) is 0 Å². The third kappa shape index (κ3) is 6.70. The number of para-hydroxylation sites is 2. The van der Waals surface area contributed by atoms with Gasteiger partial charge < -0.3 is 20.8 Å². The van der Waals surface area contributed by atoms with E-state index in [4.69, 9.17) is 0 Å². The molecule has 4 N–H and O–H groups in total. The third-order valence-electron chi connectivity index (χ3n) is 11.2. The number of anilines is 2. The standard InChI is InChI=1S/C48H44Br2N2O6/c1-21(2)25-11-9-12-26(22(3)4)43(25)51-45(53)31-17-15-29-40-36(50)20-34(48(57)58)38-32(47(55)56)18-16-30(42(38)40)39-35(49)19-33(37(31)41(29)39)46(54)52-44-27(23(5)6)13-10-14-28(44)24(7)8/h9-24H,1-8H3,(H,51,53)(H,52,54)(H,55,56)(H,57,58). The summed E-state index contributed by atoms with van der Waals surface area (Å²) in [4.78, 5) is 55.2.